The van der Waals surface area contributed by atoms with Crippen molar-refractivity contribution < 1.29 is 24.5 Å². The van der Waals surface area contributed by atoms with Crippen molar-refractivity contribution in [3.63, 3.8) is 0 Å². The quantitative estimate of drug-likeness (QED) is 0.513. The lowest BCUT2D eigenvalue weighted by atomic mass is 10.1. The van der Waals surface area contributed by atoms with Crippen molar-refractivity contribution in [2.24, 2.45) is 0 Å². The number of hydrogen-bond donors (Lipinski definition) is 2. The van der Waals surface area contributed by atoms with Crippen LogP contribution in [0.15, 0.2) is 0 Å². The third kappa shape index (κ3) is 1.91. The zero-order valence-corrected chi connectivity index (χ0v) is 5.69. The fourth-order valence-electron chi connectivity index (χ4n) is 0.948. The fourth-order valence-corrected chi connectivity index (χ4v) is 0.948. The second kappa shape index (κ2) is 2.87. The van der Waals surface area contributed by atoms with Gasteiger partial charge in [0.25, 0.3) is 0 Å². The maximum atomic E-state index is 10.5. The summed E-state index contributed by atoms with van der Waals surface area (Å²) in [5.74, 6) is -1.62. The third-order valence-electron chi connectivity index (χ3n) is 1.46. The summed E-state index contributed by atoms with van der Waals surface area (Å²) in [6, 6.07) is 0. The van der Waals surface area contributed by atoms with Crippen molar-refractivity contribution in [3.8, 4) is 0 Å². The molecule has 0 aromatic heterocycles. The number of carboxylic acid groups (broad SMARTS) is 1. The van der Waals surface area contributed by atoms with E-state index >= 15 is 0 Å². The number of esters is 1. The van der Waals surface area contributed by atoms with E-state index in [2.05, 4.69) is 4.74 Å². The lowest BCUT2D eigenvalue weighted by molar-refractivity contribution is -0.146. The predicted octanol–water partition coefficient (Wildman–Crippen LogP) is -0.863. The lowest BCUT2D eigenvalue weighted by Gasteiger charge is -2.08. The number of carbonyl (C=O) groups is 2. The maximum absolute atomic E-state index is 10.5. The first-order valence-electron chi connectivity index (χ1n) is 3.19. The summed E-state index contributed by atoms with van der Waals surface area (Å²) in [7, 11) is 0. The Morgan fingerprint density at radius 1 is 1.73 bits per heavy atom. The number of ether oxygens (including phenoxy) is 1. The number of carboxylic acids is 1. The monoisotopic (exact) mass is 160 g/mol. The molecule has 0 spiro atoms. The topological polar surface area (TPSA) is 83.8 Å². The van der Waals surface area contributed by atoms with E-state index in [-0.39, 0.29) is 12.8 Å². The van der Waals surface area contributed by atoms with E-state index in [0.29, 0.717) is 0 Å². The smallest absolute Gasteiger partial charge is 0.308 e. The summed E-state index contributed by atoms with van der Waals surface area (Å²) < 4.78 is 4.51. The average Bonchev–Trinajstić information content (AvgIpc) is 2.09. The van der Waals surface area contributed by atoms with Crippen LogP contribution in [0.25, 0.3) is 0 Å². The molecule has 0 saturated carbocycles. The highest BCUT2D eigenvalue weighted by Crippen LogP contribution is 2.17. The van der Waals surface area contributed by atoms with E-state index in [1.54, 1.807) is 0 Å². The molecule has 0 unspecified atom stereocenters. The highest BCUT2D eigenvalue weighted by Gasteiger charge is 2.34. The van der Waals surface area contributed by atoms with Crippen LogP contribution >= 0.6 is 0 Å². The van der Waals surface area contributed by atoms with Crippen LogP contribution < -0.4 is 0 Å². The molecule has 11 heavy (non-hydrogen) atoms. The van der Waals surface area contributed by atoms with Crippen LogP contribution in [-0.4, -0.2) is 34.4 Å². The number of cyclic esters (lactones) is 1. The van der Waals surface area contributed by atoms with Crippen LogP contribution in [0, 0.1) is 0 Å². The minimum atomic E-state index is -1.08. The molecule has 0 amide bonds. The van der Waals surface area contributed by atoms with Gasteiger partial charge in [0.05, 0.1) is 12.8 Å². The van der Waals surface area contributed by atoms with Gasteiger partial charge in [-0.15, -0.1) is 0 Å². The molecule has 0 radical (unpaired) electrons. The van der Waals surface area contributed by atoms with Gasteiger partial charge in [0.1, 0.15) is 12.2 Å². The first-order chi connectivity index (χ1) is 5.09. The Hall–Kier alpha value is -1.10. The van der Waals surface area contributed by atoms with Gasteiger partial charge in [0.2, 0.25) is 0 Å². The molecule has 0 aromatic rings. The summed E-state index contributed by atoms with van der Waals surface area (Å²) in [4.78, 5) is 20.6. The second-order valence-electron chi connectivity index (χ2n) is 2.40. The molecule has 5 heteroatoms. The molecule has 62 valence electrons. The van der Waals surface area contributed by atoms with Gasteiger partial charge in [-0.05, 0) is 0 Å². The molecule has 1 saturated heterocycles. The Morgan fingerprint density at radius 3 is 2.73 bits per heavy atom. The normalized spacial score (nSPS) is 30.1. The molecule has 2 N–H and O–H groups in total. The zero-order chi connectivity index (χ0) is 8.43. The van der Waals surface area contributed by atoms with Gasteiger partial charge in [0.15, 0.2) is 0 Å². The van der Waals surface area contributed by atoms with E-state index in [4.69, 9.17) is 10.2 Å². The number of aliphatic hydroxyl groups is 1. The average molecular weight is 160 g/mol. The van der Waals surface area contributed by atoms with Gasteiger partial charge < -0.3 is 14.9 Å². The Labute approximate surface area is 62.6 Å². The Bertz CT molecular complexity index is 187. The summed E-state index contributed by atoms with van der Waals surface area (Å²) in [5.41, 5.74) is 0. The summed E-state index contributed by atoms with van der Waals surface area (Å²) >= 11 is 0. The van der Waals surface area contributed by atoms with Gasteiger partial charge in [-0.25, -0.2) is 0 Å². The van der Waals surface area contributed by atoms with Gasteiger partial charge in [0, 0.05) is 0 Å². The van der Waals surface area contributed by atoms with Crippen LogP contribution in [0.2, 0.25) is 0 Å². The lowest BCUT2D eigenvalue weighted by Crippen LogP contribution is -2.23. The van der Waals surface area contributed by atoms with Crippen LogP contribution in [0.5, 0.6) is 0 Å². The molecular weight excluding hydrogens is 152 g/mol. The summed E-state index contributed by atoms with van der Waals surface area (Å²) in [5, 5.41) is 17.3. The highest BCUT2D eigenvalue weighted by atomic mass is 16.6. The van der Waals surface area contributed by atoms with Crippen molar-refractivity contribution in [1.82, 2.24) is 0 Å². The number of aliphatic carboxylic acids is 1. The van der Waals surface area contributed by atoms with Gasteiger partial charge in [-0.3, -0.25) is 9.59 Å². The van der Waals surface area contributed by atoms with Crippen molar-refractivity contribution in [1.29, 1.82) is 0 Å². The SMILES string of the molecule is O=C(O)C[C@@H]1OC(=O)C[C@H]1O. The van der Waals surface area contributed by atoms with Crippen molar-refractivity contribution in [3.05, 3.63) is 0 Å². The number of hydrogen-bond acceptors (Lipinski definition) is 4. The molecule has 0 bridgehead atoms. The molecule has 1 heterocycles. The highest BCUT2D eigenvalue weighted by molar-refractivity contribution is 5.74. The first kappa shape index (κ1) is 8.00. The van der Waals surface area contributed by atoms with Crippen molar-refractivity contribution >= 4 is 11.9 Å². The largest absolute Gasteiger partial charge is 0.481 e. The molecule has 5 nitrogen and oxygen atoms in total. The summed E-state index contributed by atoms with van der Waals surface area (Å²) in [6.45, 7) is 0. The van der Waals surface area contributed by atoms with Crippen LogP contribution in [0.3, 0.4) is 0 Å². The molecule has 0 aromatic carbocycles. The van der Waals surface area contributed by atoms with Crippen LogP contribution in [0.4, 0.5) is 0 Å². The Kier molecular flexibility index (Phi) is 2.09. The molecule has 1 rings (SSSR count). The molecular formula is C6H8O5. The summed E-state index contributed by atoms with van der Waals surface area (Å²) in [6.07, 6.45) is -2.25. The van der Waals surface area contributed by atoms with E-state index in [1.165, 1.54) is 0 Å². The van der Waals surface area contributed by atoms with Gasteiger partial charge >= 0.3 is 11.9 Å². The second-order valence-corrected chi connectivity index (χ2v) is 2.40. The van der Waals surface area contributed by atoms with E-state index < -0.39 is 24.1 Å². The van der Waals surface area contributed by atoms with E-state index in [1.807, 2.05) is 0 Å². The molecule has 0 aliphatic carbocycles. The van der Waals surface area contributed by atoms with Crippen LogP contribution in [0.1, 0.15) is 12.8 Å². The standard InChI is InChI=1S/C6H8O5/c7-3-1-6(10)11-4(3)2-5(8)9/h3-4,7H,1-2H2,(H,8,9)/t3-,4+/m1/s1. The molecule has 1 fully saturated rings. The number of rotatable bonds is 2. The van der Waals surface area contributed by atoms with Crippen molar-refractivity contribution in [2.75, 3.05) is 0 Å². The minimum absolute atomic E-state index is 0.0993. The Balaban J connectivity index is 2.46. The van der Waals surface area contributed by atoms with Crippen molar-refractivity contribution in [2.45, 2.75) is 25.0 Å². The number of aliphatic hydroxyl groups excluding tert-OH is 1. The minimum Gasteiger partial charge on any atom is -0.481 e. The van der Waals surface area contributed by atoms with E-state index in [0.717, 1.165) is 0 Å². The van der Waals surface area contributed by atoms with Gasteiger partial charge in [-0.2, -0.15) is 0 Å². The zero-order valence-electron chi connectivity index (χ0n) is 5.69. The molecule has 1 aliphatic rings. The maximum Gasteiger partial charge on any atom is 0.308 e. The number of carbonyl (C=O) groups excluding carboxylic acids is 1. The Morgan fingerprint density at radius 2 is 2.36 bits per heavy atom. The van der Waals surface area contributed by atoms with Gasteiger partial charge in [-0.1, -0.05) is 0 Å². The third-order valence-corrected chi connectivity index (χ3v) is 1.46. The molecule has 1 aliphatic heterocycles. The fraction of sp³-hybridized carbons (Fsp3) is 0.667. The molecule has 2 atom stereocenters. The first-order valence-corrected chi connectivity index (χ1v) is 3.19. The predicted molar refractivity (Wildman–Crippen MR) is 32.8 cm³/mol. The van der Waals surface area contributed by atoms with E-state index in [9.17, 15) is 9.59 Å². The van der Waals surface area contributed by atoms with Crippen LogP contribution in [-0.2, 0) is 14.3 Å².